The maximum Gasteiger partial charge on any atom is 0.151 e. The van der Waals surface area contributed by atoms with Crippen molar-refractivity contribution in [1.82, 2.24) is 15.0 Å². The summed E-state index contributed by atoms with van der Waals surface area (Å²) in [7, 11) is 0. The number of ether oxygens (including phenoxy) is 1. The van der Waals surface area contributed by atoms with E-state index in [9.17, 15) is 4.79 Å². The zero-order chi connectivity index (χ0) is 11.1. The molecule has 0 amide bonds. The number of carbonyl (C=O) groups excluding carboxylic acids is 1. The van der Waals surface area contributed by atoms with Crippen LogP contribution in [0.3, 0.4) is 0 Å². The van der Waals surface area contributed by atoms with Crippen molar-refractivity contribution in [3.05, 3.63) is 11.9 Å². The average molecular weight is 211 g/mol. The van der Waals surface area contributed by atoms with Crippen molar-refractivity contribution in [3.8, 4) is 0 Å². The minimum Gasteiger partial charge on any atom is -0.381 e. The lowest BCUT2D eigenvalue weighted by molar-refractivity contribution is -0.117. The first-order chi connectivity index (χ1) is 7.22. The zero-order valence-corrected chi connectivity index (χ0v) is 9.27. The third kappa shape index (κ3) is 4.69. The van der Waals surface area contributed by atoms with Gasteiger partial charge in [-0.1, -0.05) is 12.1 Å². The topological polar surface area (TPSA) is 57.0 Å². The van der Waals surface area contributed by atoms with E-state index in [0.717, 1.165) is 25.1 Å². The van der Waals surface area contributed by atoms with E-state index in [4.69, 9.17) is 4.74 Å². The van der Waals surface area contributed by atoms with Crippen LogP contribution in [-0.4, -0.2) is 34.0 Å². The quantitative estimate of drug-likeness (QED) is 0.627. The van der Waals surface area contributed by atoms with Gasteiger partial charge >= 0.3 is 0 Å². The molecule has 0 unspecified atom stereocenters. The van der Waals surface area contributed by atoms with E-state index in [1.165, 1.54) is 6.92 Å². The van der Waals surface area contributed by atoms with Crippen LogP contribution < -0.4 is 0 Å². The molecule has 1 aromatic heterocycles. The van der Waals surface area contributed by atoms with Crippen molar-refractivity contribution in [3.63, 3.8) is 0 Å². The van der Waals surface area contributed by atoms with Crippen molar-refractivity contribution >= 4 is 5.78 Å². The summed E-state index contributed by atoms with van der Waals surface area (Å²) < 4.78 is 6.89. The van der Waals surface area contributed by atoms with Crippen molar-refractivity contribution in [2.75, 3.05) is 13.2 Å². The smallest absolute Gasteiger partial charge is 0.151 e. The highest BCUT2D eigenvalue weighted by molar-refractivity contribution is 5.75. The van der Waals surface area contributed by atoms with Crippen LogP contribution >= 0.6 is 0 Å². The van der Waals surface area contributed by atoms with Gasteiger partial charge in [0, 0.05) is 19.2 Å². The Morgan fingerprint density at radius 2 is 2.33 bits per heavy atom. The summed E-state index contributed by atoms with van der Waals surface area (Å²) in [4.78, 5) is 10.8. The van der Waals surface area contributed by atoms with E-state index in [1.807, 2.05) is 0 Å². The lowest BCUT2D eigenvalue weighted by atomic mass is 10.3. The van der Waals surface area contributed by atoms with Gasteiger partial charge in [0.25, 0.3) is 0 Å². The molecule has 0 bridgehead atoms. The van der Waals surface area contributed by atoms with Gasteiger partial charge in [0.2, 0.25) is 0 Å². The molecule has 0 N–H and O–H groups in total. The predicted octanol–water partition coefficient (Wildman–Crippen LogP) is 0.836. The van der Waals surface area contributed by atoms with Crippen LogP contribution in [0.2, 0.25) is 0 Å². The fourth-order valence-electron chi connectivity index (χ4n) is 1.18. The third-order valence-electron chi connectivity index (χ3n) is 1.82. The maximum absolute atomic E-state index is 10.8. The molecule has 1 aromatic rings. The summed E-state index contributed by atoms with van der Waals surface area (Å²) in [6, 6.07) is 0. The number of ketones is 1. The van der Waals surface area contributed by atoms with E-state index in [0.29, 0.717) is 13.2 Å². The molecule has 15 heavy (non-hydrogen) atoms. The molecule has 84 valence electrons. The van der Waals surface area contributed by atoms with Gasteiger partial charge in [-0.2, -0.15) is 0 Å². The molecule has 0 aliphatic carbocycles. The standard InChI is InChI=1S/C10H17N3O2/c1-3-5-15-6-4-10-8-13(12-11-10)7-9(2)14/h8H,3-7H2,1-2H3. The average Bonchev–Trinajstić information content (AvgIpc) is 2.59. The molecule has 0 saturated carbocycles. The molecular weight excluding hydrogens is 194 g/mol. The summed E-state index contributed by atoms with van der Waals surface area (Å²) in [5.74, 6) is 0.0775. The second kappa shape index (κ2) is 6.29. The van der Waals surface area contributed by atoms with Gasteiger partial charge in [0.05, 0.1) is 12.3 Å². The van der Waals surface area contributed by atoms with Crippen LogP contribution in [-0.2, 0) is 22.5 Å². The molecule has 0 fully saturated rings. The SMILES string of the molecule is CCCOCCc1cn(CC(C)=O)nn1. The minimum absolute atomic E-state index is 0.0775. The molecule has 0 aliphatic heterocycles. The Balaban J connectivity index is 2.29. The van der Waals surface area contributed by atoms with Gasteiger partial charge < -0.3 is 4.74 Å². The Morgan fingerprint density at radius 3 is 3.00 bits per heavy atom. The Hall–Kier alpha value is -1.23. The lowest BCUT2D eigenvalue weighted by Crippen LogP contribution is -2.06. The molecular formula is C10H17N3O2. The lowest BCUT2D eigenvalue weighted by Gasteiger charge is -1.98. The third-order valence-corrected chi connectivity index (χ3v) is 1.82. The van der Waals surface area contributed by atoms with E-state index in [1.54, 1.807) is 10.9 Å². The van der Waals surface area contributed by atoms with Gasteiger partial charge in [-0.15, -0.1) is 5.10 Å². The van der Waals surface area contributed by atoms with Crippen LogP contribution in [0, 0.1) is 0 Å². The molecule has 0 aliphatic rings. The number of hydrogen-bond acceptors (Lipinski definition) is 4. The highest BCUT2D eigenvalue weighted by Crippen LogP contribution is 1.95. The van der Waals surface area contributed by atoms with Crippen molar-refractivity contribution in [1.29, 1.82) is 0 Å². The second-order valence-electron chi connectivity index (χ2n) is 3.47. The molecule has 0 atom stereocenters. The van der Waals surface area contributed by atoms with E-state index in [2.05, 4.69) is 17.2 Å². The maximum atomic E-state index is 10.8. The Kier molecular flexibility index (Phi) is 4.97. The van der Waals surface area contributed by atoms with Crippen LogP contribution in [0.25, 0.3) is 0 Å². The number of hydrogen-bond donors (Lipinski definition) is 0. The Morgan fingerprint density at radius 1 is 1.53 bits per heavy atom. The van der Waals surface area contributed by atoms with E-state index >= 15 is 0 Å². The molecule has 0 aromatic carbocycles. The molecule has 5 nitrogen and oxygen atoms in total. The molecule has 0 saturated heterocycles. The molecule has 1 heterocycles. The van der Waals surface area contributed by atoms with Gasteiger partial charge in [-0.05, 0) is 13.3 Å². The van der Waals surface area contributed by atoms with Gasteiger partial charge in [-0.3, -0.25) is 4.79 Å². The van der Waals surface area contributed by atoms with Gasteiger partial charge in [0.15, 0.2) is 5.78 Å². The van der Waals surface area contributed by atoms with E-state index in [-0.39, 0.29) is 5.78 Å². The van der Waals surface area contributed by atoms with Crippen molar-refractivity contribution in [2.45, 2.75) is 33.2 Å². The molecule has 0 radical (unpaired) electrons. The minimum atomic E-state index is 0.0775. The number of Topliss-reactive ketones (excluding diaryl/α,β-unsaturated/α-hetero) is 1. The summed E-state index contributed by atoms with van der Waals surface area (Å²) in [5.41, 5.74) is 0.868. The van der Waals surface area contributed by atoms with Crippen LogP contribution in [0.1, 0.15) is 26.0 Å². The second-order valence-corrected chi connectivity index (χ2v) is 3.47. The van der Waals surface area contributed by atoms with Gasteiger partial charge in [0.1, 0.15) is 6.54 Å². The van der Waals surface area contributed by atoms with Crippen LogP contribution in [0.4, 0.5) is 0 Å². The van der Waals surface area contributed by atoms with Crippen molar-refractivity contribution < 1.29 is 9.53 Å². The molecule has 0 spiro atoms. The number of nitrogens with zero attached hydrogens (tertiary/aromatic N) is 3. The highest BCUT2D eigenvalue weighted by Gasteiger charge is 2.02. The molecule has 5 heteroatoms. The summed E-state index contributed by atoms with van der Waals surface area (Å²) >= 11 is 0. The monoisotopic (exact) mass is 211 g/mol. The number of aromatic nitrogens is 3. The number of carbonyl (C=O) groups is 1. The van der Waals surface area contributed by atoms with E-state index < -0.39 is 0 Å². The van der Waals surface area contributed by atoms with Crippen LogP contribution in [0.15, 0.2) is 6.20 Å². The predicted molar refractivity (Wildman–Crippen MR) is 55.5 cm³/mol. The number of rotatable bonds is 7. The van der Waals surface area contributed by atoms with Crippen LogP contribution in [0.5, 0.6) is 0 Å². The normalized spacial score (nSPS) is 10.5. The summed E-state index contributed by atoms with van der Waals surface area (Å²) in [6.07, 6.45) is 3.56. The first-order valence-electron chi connectivity index (χ1n) is 5.18. The fourth-order valence-corrected chi connectivity index (χ4v) is 1.18. The highest BCUT2D eigenvalue weighted by atomic mass is 16.5. The Bertz CT molecular complexity index is 309. The van der Waals surface area contributed by atoms with Gasteiger partial charge in [-0.25, -0.2) is 4.68 Å². The first-order valence-corrected chi connectivity index (χ1v) is 5.18. The molecule has 1 rings (SSSR count). The Labute approximate surface area is 89.4 Å². The fraction of sp³-hybridized carbons (Fsp3) is 0.700. The zero-order valence-electron chi connectivity index (χ0n) is 9.27. The first kappa shape index (κ1) is 11.8. The van der Waals surface area contributed by atoms with Crippen molar-refractivity contribution in [2.24, 2.45) is 0 Å². The summed E-state index contributed by atoms with van der Waals surface area (Å²) in [6.45, 7) is 5.34. The summed E-state index contributed by atoms with van der Waals surface area (Å²) in [5, 5.41) is 7.79. The largest absolute Gasteiger partial charge is 0.381 e.